The molecule has 154 valence electrons. The SMILES string of the molecule is CN(c1ccc2c(n1)COc1cc(-n3cccn3)ccc1-2)C1CC2CCC(C1)B2C#N. The number of benzene rings is 1. The smallest absolute Gasteiger partial charge is 0.274 e. The van der Waals surface area contributed by atoms with E-state index in [0.29, 0.717) is 24.3 Å². The van der Waals surface area contributed by atoms with Crippen LogP contribution in [0.2, 0.25) is 11.6 Å². The molecule has 1 aromatic carbocycles. The highest BCUT2D eigenvalue weighted by Gasteiger charge is 2.47. The Morgan fingerprint density at radius 3 is 2.71 bits per heavy atom. The number of rotatable bonds is 3. The highest BCUT2D eigenvalue weighted by Crippen LogP contribution is 2.50. The number of nitrogens with zero attached hydrogens (tertiary/aromatic N) is 5. The molecule has 6 rings (SSSR count). The third-order valence-corrected chi connectivity index (χ3v) is 7.48. The summed E-state index contributed by atoms with van der Waals surface area (Å²) in [5.41, 5.74) is 4.18. The molecule has 0 N–H and O–H groups in total. The monoisotopic (exact) mass is 409 g/mol. The molecular formula is C24H24BN5O. The number of ether oxygens (including phenoxy) is 1. The molecule has 2 fully saturated rings. The van der Waals surface area contributed by atoms with Gasteiger partial charge in [0.15, 0.2) is 0 Å². The zero-order chi connectivity index (χ0) is 20.9. The predicted molar refractivity (Wildman–Crippen MR) is 121 cm³/mol. The van der Waals surface area contributed by atoms with Gasteiger partial charge in [-0.3, -0.25) is 0 Å². The van der Waals surface area contributed by atoms with Crippen molar-refractivity contribution in [2.24, 2.45) is 0 Å². The molecule has 31 heavy (non-hydrogen) atoms. The maximum Gasteiger partial charge on any atom is 0.274 e. The molecule has 2 bridgehead atoms. The van der Waals surface area contributed by atoms with E-state index in [4.69, 9.17) is 9.72 Å². The normalized spacial score (nSPS) is 23.5. The van der Waals surface area contributed by atoms with Crippen LogP contribution in [0.25, 0.3) is 16.8 Å². The van der Waals surface area contributed by atoms with Gasteiger partial charge in [0.1, 0.15) is 18.2 Å². The number of nitriles is 1. The third kappa shape index (κ3) is 3.01. The maximum atomic E-state index is 9.50. The topological polar surface area (TPSA) is 67.0 Å². The lowest BCUT2D eigenvalue weighted by molar-refractivity contribution is 0.297. The van der Waals surface area contributed by atoms with Crippen LogP contribution < -0.4 is 9.64 Å². The number of hydrogen-bond acceptors (Lipinski definition) is 5. The van der Waals surface area contributed by atoms with E-state index in [0.717, 1.165) is 46.9 Å². The number of anilines is 1. The molecule has 2 unspecified atom stereocenters. The minimum Gasteiger partial charge on any atom is -0.487 e. The second-order valence-electron chi connectivity index (χ2n) is 9.07. The first kappa shape index (κ1) is 18.5. The molecule has 3 aliphatic heterocycles. The van der Waals surface area contributed by atoms with Gasteiger partial charge in [-0.25, -0.2) is 14.9 Å². The molecule has 2 aromatic heterocycles. The molecule has 0 spiro atoms. The Labute approximate surface area is 182 Å². The summed E-state index contributed by atoms with van der Waals surface area (Å²) in [5, 5.41) is 13.8. The Morgan fingerprint density at radius 1 is 1.16 bits per heavy atom. The van der Waals surface area contributed by atoms with Gasteiger partial charge in [-0.2, -0.15) is 5.10 Å². The van der Waals surface area contributed by atoms with E-state index in [-0.39, 0.29) is 6.71 Å². The Kier molecular flexibility index (Phi) is 4.27. The van der Waals surface area contributed by atoms with Crippen molar-refractivity contribution in [2.75, 3.05) is 11.9 Å². The minimum absolute atomic E-state index is 0.262. The third-order valence-electron chi connectivity index (χ3n) is 7.48. The molecule has 2 saturated heterocycles. The summed E-state index contributed by atoms with van der Waals surface area (Å²) in [6, 6.07) is 12.9. The van der Waals surface area contributed by atoms with Crippen LogP contribution in [0.3, 0.4) is 0 Å². The highest BCUT2D eigenvalue weighted by atomic mass is 16.5. The van der Waals surface area contributed by atoms with Crippen LogP contribution >= 0.6 is 0 Å². The van der Waals surface area contributed by atoms with Gasteiger partial charge in [0.2, 0.25) is 0 Å². The van der Waals surface area contributed by atoms with Crippen LogP contribution in [0.15, 0.2) is 48.8 Å². The molecule has 0 amide bonds. The summed E-state index contributed by atoms with van der Waals surface area (Å²) in [4.78, 5) is 7.32. The fourth-order valence-corrected chi connectivity index (χ4v) is 5.81. The zero-order valence-electron chi connectivity index (χ0n) is 17.6. The van der Waals surface area contributed by atoms with E-state index < -0.39 is 0 Å². The summed E-state index contributed by atoms with van der Waals surface area (Å²) in [6.07, 6.45) is 8.30. The second-order valence-corrected chi connectivity index (χ2v) is 9.07. The van der Waals surface area contributed by atoms with E-state index >= 15 is 0 Å². The van der Waals surface area contributed by atoms with Crippen molar-refractivity contribution in [3.05, 3.63) is 54.5 Å². The van der Waals surface area contributed by atoms with Crippen LogP contribution in [0, 0.1) is 11.2 Å². The fourth-order valence-electron chi connectivity index (χ4n) is 5.81. The quantitative estimate of drug-likeness (QED) is 0.596. The minimum atomic E-state index is 0.262. The predicted octanol–water partition coefficient (Wildman–Crippen LogP) is 4.52. The first-order valence-electron chi connectivity index (χ1n) is 11.1. The lowest BCUT2D eigenvalue weighted by Crippen LogP contribution is -2.40. The highest BCUT2D eigenvalue weighted by molar-refractivity contribution is 6.70. The lowest BCUT2D eigenvalue weighted by atomic mass is 9.35. The van der Waals surface area contributed by atoms with Gasteiger partial charge in [0.05, 0.1) is 11.4 Å². The molecule has 3 aliphatic rings. The largest absolute Gasteiger partial charge is 0.487 e. The molecule has 2 atom stereocenters. The van der Waals surface area contributed by atoms with Crippen molar-refractivity contribution in [3.63, 3.8) is 0 Å². The summed E-state index contributed by atoms with van der Waals surface area (Å²) in [7, 11) is 2.15. The second kappa shape index (κ2) is 7.16. The number of pyridine rings is 1. The van der Waals surface area contributed by atoms with Gasteiger partial charge in [-0.1, -0.05) is 12.8 Å². The molecule has 3 aromatic rings. The van der Waals surface area contributed by atoms with Crippen molar-refractivity contribution in [1.29, 1.82) is 5.26 Å². The zero-order valence-corrected chi connectivity index (χ0v) is 17.6. The molecular weight excluding hydrogens is 385 g/mol. The van der Waals surface area contributed by atoms with Crippen LogP contribution in [0.1, 0.15) is 31.4 Å². The Balaban J connectivity index is 1.26. The summed E-state index contributed by atoms with van der Waals surface area (Å²) >= 11 is 0. The molecule has 0 saturated carbocycles. The van der Waals surface area contributed by atoms with Gasteiger partial charge >= 0.3 is 0 Å². The Bertz CT molecular complexity index is 1160. The van der Waals surface area contributed by atoms with E-state index in [1.54, 1.807) is 6.20 Å². The summed E-state index contributed by atoms with van der Waals surface area (Å²) in [5.74, 6) is 5.54. The molecule has 6 nitrogen and oxygen atoms in total. The molecule has 0 radical (unpaired) electrons. The molecule has 0 aliphatic carbocycles. The first-order chi connectivity index (χ1) is 15.2. The van der Waals surface area contributed by atoms with E-state index in [1.165, 1.54) is 12.8 Å². The van der Waals surface area contributed by atoms with Gasteiger partial charge in [-0.05, 0) is 54.8 Å². The average Bonchev–Trinajstić information content (AvgIpc) is 3.43. The average molecular weight is 409 g/mol. The molecule has 7 heteroatoms. The standard InChI is InChI=1S/C24H24BN5O/c1-29(19-11-16-3-4-17(12-19)25(16)15-26)24-8-7-20-21-6-5-18(30-10-2-9-27-30)13-23(21)31-14-22(20)28-24/h2,5-10,13,16-17,19H,3-4,11-12,14H2,1H3. The fraction of sp³-hybridized carbons (Fsp3) is 0.375. The number of aromatic nitrogens is 3. The van der Waals surface area contributed by atoms with Gasteiger partial charge in [-0.15, -0.1) is 0 Å². The number of hydrogen-bond donors (Lipinski definition) is 0. The van der Waals surface area contributed by atoms with Gasteiger partial charge in [0, 0.05) is 48.6 Å². The van der Waals surface area contributed by atoms with Crippen molar-refractivity contribution >= 4 is 12.5 Å². The van der Waals surface area contributed by atoms with Crippen LogP contribution in [0.5, 0.6) is 5.75 Å². The van der Waals surface area contributed by atoms with Crippen LogP contribution in [-0.4, -0.2) is 34.6 Å². The van der Waals surface area contributed by atoms with Gasteiger partial charge in [0.25, 0.3) is 6.71 Å². The Hall–Kier alpha value is -3.27. The first-order valence-corrected chi connectivity index (χ1v) is 11.1. The van der Waals surface area contributed by atoms with Crippen molar-refractivity contribution in [3.8, 4) is 28.5 Å². The van der Waals surface area contributed by atoms with Crippen molar-refractivity contribution in [1.82, 2.24) is 14.8 Å². The number of fused-ring (bicyclic) bond motifs is 5. The van der Waals surface area contributed by atoms with Crippen LogP contribution in [0.4, 0.5) is 5.82 Å². The summed E-state index contributed by atoms with van der Waals surface area (Å²) in [6.45, 7) is 0.733. The summed E-state index contributed by atoms with van der Waals surface area (Å²) < 4.78 is 7.92. The molecule has 5 heterocycles. The maximum absolute atomic E-state index is 9.50. The lowest BCUT2D eigenvalue weighted by Gasteiger charge is -2.37. The van der Waals surface area contributed by atoms with Crippen molar-refractivity contribution in [2.45, 2.75) is 50.0 Å². The Morgan fingerprint density at radius 2 is 1.97 bits per heavy atom. The van der Waals surface area contributed by atoms with E-state index in [9.17, 15) is 5.26 Å². The van der Waals surface area contributed by atoms with Gasteiger partial charge < -0.3 is 9.64 Å². The van der Waals surface area contributed by atoms with Crippen LogP contribution in [-0.2, 0) is 6.61 Å². The van der Waals surface area contributed by atoms with E-state index in [1.807, 2.05) is 23.0 Å². The van der Waals surface area contributed by atoms with Crippen molar-refractivity contribution < 1.29 is 4.74 Å². The van der Waals surface area contributed by atoms with E-state index in [2.05, 4.69) is 47.3 Å².